The fourth-order valence-electron chi connectivity index (χ4n) is 6.95. The minimum absolute atomic E-state index is 0.0286. The molecule has 350 valence electrons. The van der Waals surface area contributed by atoms with Crippen molar-refractivity contribution in [1.29, 1.82) is 0 Å². The lowest BCUT2D eigenvalue weighted by Crippen LogP contribution is -2.46. The zero-order chi connectivity index (χ0) is 49.3. The second-order valence-electron chi connectivity index (χ2n) is 13.7. The van der Waals surface area contributed by atoms with Crippen LogP contribution in [0.1, 0.15) is 33.5 Å². The number of halogens is 14. The van der Waals surface area contributed by atoms with Gasteiger partial charge in [-0.15, -0.1) is 0 Å². The molecule has 4 aromatic heterocycles. The Morgan fingerprint density at radius 1 is 0.576 bits per heavy atom. The average Bonchev–Trinajstić information content (AvgIpc) is 3.22. The van der Waals surface area contributed by atoms with Gasteiger partial charge in [0.25, 0.3) is 11.1 Å². The number of benzene rings is 3. The van der Waals surface area contributed by atoms with E-state index in [9.17, 15) is 49.1 Å². The van der Waals surface area contributed by atoms with Crippen LogP contribution in [0.2, 0.25) is 25.1 Å². The zero-order valence-corrected chi connectivity index (χ0v) is 37.4. The van der Waals surface area contributed by atoms with Crippen molar-refractivity contribution in [2.75, 3.05) is 25.7 Å². The van der Waals surface area contributed by atoms with E-state index in [-0.39, 0.29) is 70.1 Å². The highest BCUT2D eigenvalue weighted by atomic mass is 35.5. The minimum Gasteiger partial charge on any atom is -0.398 e. The second-order valence-corrected chi connectivity index (χ2v) is 15.8. The fourth-order valence-corrected chi connectivity index (χ4v) is 7.96. The molecule has 7 rings (SSSR count). The summed E-state index contributed by atoms with van der Waals surface area (Å²) < 4.78 is 134. The summed E-state index contributed by atoms with van der Waals surface area (Å²) in [5.74, 6) is 0. The Bertz CT molecular complexity index is 3060. The van der Waals surface area contributed by atoms with Crippen LogP contribution < -0.4 is 22.6 Å². The van der Waals surface area contributed by atoms with Crippen LogP contribution in [0.3, 0.4) is 0 Å². The number of ether oxygens (including phenoxy) is 2. The van der Waals surface area contributed by atoms with Crippen LogP contribution in [-0.4, -0.2) is 46.5 Å². The SMILES string of the molecule is COC(c1cc(Cl)ccc1N)(c1cc[nH]c(=O)c1Cl)C(F)(F)F.COC(c1cc(Cl)ccc1N)(c1ccnc(C)c1Cl)C(F)(F)F.O=c1[nH]ccc2c(C(F)(F)F)c3cc(Cl)ccc3nc12. The summed E-state index contributed by atoms with van der Waals surface area (Å²) in [5.41, 5.74) is 1.27. The Balaban J connectivity index is 0.000000186. The minimum atomic E-state index is -4.96. The van der Waals surface area contributed by atoms with Gasteiger partial charge in [0.1, 0.15) is 10.5 Å². The molecule has 0 saturated heterocycles. The highest BCUT2D eigenvalue weighted by Gasteiger charge is 2.61. The number of rotatable bonds is 6. The van der Waals surface area contributed by atoms with E-state index in [0.29, 0.717) is 0 Å². The van der Waals surface area contributed by atoms with Gasteiger partial charge in [0, 0.05) is 92.3 Å². The molecule has 66 heavy (non-hydrogen) atoms. The molecule has 3 aromatic carbocycles. The maximum absolute atomic E-state index is 14.1. The number of aromatic amines is 2. The molecular weight excluding hydrogens is 1000 g/mol. The molecule has 2 unspecified atom stereocenters. The number of fused-ring (bicyclic) bond motifs is 2. The third-order valence-corrected chi connectivity index (χ3v) is 11.4. The molecule has 4 heterocycles. The molecule has 0 aliphatic rings. The predicted molar refractivity (Wildman–Crippen MR) is 235 cm³/mol. The van der Waals surface area contributed by atoms with Crippen LogP contribution in [-0.2, 0) is 26.9 Å². The van der Waals surface area contributed by atoms with Crippen LogP contribution in [0.4, 0.5) is 50.9 Å². The zero-order valence-electron chi connectivity index (χ0n) is 33.6. The van der Waals surface area contributed by atoms with Crippen molar-refractivity contribution in [2.45, 2.75) is 36.7 Å². The molecule has 0 amide bonds. The largest absolute Gasteiger partial charge is 0.426 e. The molecule has 10 nitrogen and oxygen atoms in total. The van der Waals surface area contributed by atoms with Gasteiger partial charge in [0.05, 0.1) is 21.8 Å². The van der Waals surface area contributed by atoms with Gasteiger partial charge < -0.3 is 30.9 Å². The number of aryl methyl sites for hydroxylation is 1. The van der Waals surface area contributed by atoms with Gasteiger partial charge in [0.15, 0.2) is 0 Å². The topological polar surface area (TPSA) is 162 Å². The van der Waals surface area contributed by atoms with Crippen LogP contribution in [0.25, 0.3) is 21.8 Å². The molecule has 0 fully saturated rings. The third-order valence-electron chi connectivity index (χ3n) is 9.87. The molecule has 6 N–H and O–H groups in total. The Labute approximate surface area is 391 Å². The van der Waals surface area contributed by atoms with Gasteiger partial charge >= 0.3 is 18.5 Å². The Hall–Kier alpha value is -5.28. The van der Waals surface area contributed by atoms with Crippen molar-refractivity contribution < 1.29 is 49.0 Å². The van der Waals surface area contributed by atoms with E-state index in [0.717, 1.165) is 50.9 Å². The van der Waals surface area contributed by atoms with Crippen LogP contribution in [0.15, 0.2) is 101 Å². The highest BCUT2D eigenvalue weighted by molar-refractivity contribution is 6.33. The molecule has 0 aliphatic carbocycles. The van der Waals surface area contributed by atoms with Crippen LogP contribution in [0.5, 0.6) is 0 Å². The number of H-pyrrole nitrogens is 2. The van der Waals surface area contributed by atoms with E-state index in [2.05, 4.69) is 19.9 Å². The lowest BCUT2D eigenvalue weighted by Gasteiger charge is -2.36. The molecule has 0 spiro atoms. The molecule has 2 atom stereocenters. The molecule has 7 aromatic rings. The van der Waals surface area contributed by atoms with E-state index in [1.807, 2.05) is 0 Å². The first-order valence-electron chi connectivity index (χ1n) is 18.2. The Morgan fingerprint density at radius 3 is 1.55 bits per heavy atom. The van der Waals surface area contributed by atoms with E-state index in [4.69, 9.17) is 78.9 Å². The maximum Gasteiger partial charge on any atom is 0.426 e. The van der Waals surface area contributed by atoms with Crippen molar-refractivity contribution in [3.63, 3.8) is 0 Å². The molecule has 0 radical (unpaired) electrons. The summed E-state index contributed by atoms with van der Waals surface area (Å²) in [4.78, 5) is 35.7. The molecule has 0 bridgehead atoms. The van der Waals surface area contributed by atoms with E-state index in [1.165, 1.54) is 61.7 Å². The second kappa shape index (κ2) is 19.5. The van der Waals surface area contributed by atoms with Crippen molar-refractivity contribution >= 4 is 91.2 Å². The van der Waals surface area contributed by atoms with Gasteiger partial charge in [-0.3, -0.25) is 14.6 Å². The summed E-state index contributed by atoms with van der Waals surface area (Å²) in [6.45, 7) is 1.50. The van der Waals surface area contributed by atoms with E-state index in [1.54, 1.807) is 0 Å². The first-order chi connectivity index (χ1) is 30.7. The molecule has 0 saturated carbocycles. The highest BCUT2D eigenvalue weighted by Crippen LogP contribution is 2.52. The smallest absolute Gasteiger partial charge is 0.398 e. The summed E-state index contributed by atoms with van der Waals surface area (Å²) in [5, 5.41) is -0.854. The number of hydrogen-bond donors (Lipinski definition) is 4. The summed E-state index contributed by atoms with van der Waals surface area (Å²) >= 11 is 29.3. The standard InChI is InChI=1S/C15H13Cl2F3N2O.C14H11Cl2F3N2O2.C13H6ClF3N2O/c1-8-13(17)10(5-6-22-8)14(23-2,15(18,19)20)11-7-9(16)3-4-12(11)21;1-23-13(14(17,18)19,8-4-5-21-12(22)11(8)16)9-6-7(15)2-3-10(9)20;14-6-1-2-9-8(5-6)10(13(15,16)17)7-3-4-18-12(20)11(7)19-9/h3-7H,21H2,1-2H3;2-6H,20H2,1H3,(H,21,22);1-5H,(H,18,20). The number of nitrogens with two attached hydrogens (primary N) is 2. The number of alkyl halides is 9. The normalized spacial score (nSPS) is 13.8. The van der Waals surface area contributed by atoms with E-state index < -0.39 is 62.6 Å². The number of pyridine rings is 4. The quantitative estimate of drug-likeness (QED) is 0.0727. The number of hydrogen-bond acceptors (Lipinski definition) is 8. The number of nitrogen functional groups attached to an aromatic ring is 2. The van der Waals surface area contributed by atoms with Gasteiger partial charge in [0.2, 0.25) is 11.2 Å². The van der Waals surface area contributed by atoms with E-state index >= 15 is 0 Å². The van der Waals surface area contributed by atoms with Gasteiger partial charge in [-0.25, -0.2) is 4.98 Å². The fraction of sp³-hybridized carbons (Fsp3) is 0.190. The lowest BCUT2D eigenvalue weighted by molar-refractivity contribution is -0.258. The number of nitrogens with one attached hydrogen (secondary N) is 2. The van der Waals surface area contributed by atoms with Gasteiger partial charge in [-0.2, -0.15) is 39.5 Å². The van der Waals surface area contributed by atoms with Crippen molar-refractivity contribution in [2.24, 2.45) is 0 Å². The predicted octanol–water partition coefficient (Wildman–Crippen LogP) is 12.2. The van der Waals surface area contributed by atoms with Gasteiger partial charge in [-0.1, -0.05) is 58.0 Å². The third kappa shape index (κ3) is 9.74. The number of anilines is 2. The molecule has 0 aliphatic heterocycles. The van der Waals surface area contributed by atoms with Crippen molar-refractivity contribution in [1.82, 2.24) is 19.9 Å². The van der Waals surface area contributed by atoms with Crippen LogP contribution >= 0.6 is 58.0 Å². The van der Waals surface area contributed by atoms with Crippen molar-refractivity contribution in [3.05, 3.63) is 171 Å². The lowest BCUT2D eigenvalue weighted by atomic mass is 9.84. The van der Waals surface area contributed by atoms with Crippen LogP contribution in [0, 0.1) is 6.92 Å². The monoisotopic (exact) mass is 1030 g/mol. The van der Waals surface area contributed by atoms with Gasteiger partial charge in [-0.05, 0) is 79.7 Å². The molecular formula is C42H30Cl5F9N6O4. The first kappa shape index (κ1) is 51.7. The van der Waals surface area contributed by atoms with Crippen molar-refractivity contribution in [3.8, 4) is 0 Å². The molecule has 24 heteroatoms. The first-order valence-corrected chi connectivity index (χ1v) is 20.1. The number of methoxy groups -OCH3 is 2. The summed E-state index contributed by atoms with van der Waals surface area (Å²) in [6.07, 6.45) is -11.0. The summed E-state index contributed by atoms with van der Waals surface area (Å²) in [6, 6.07) is 14.8. The average molecular weight is 1030 g/mol. The number of aromatic nitrogens is 4. The Kier molecular flexibility index (Phi) is 15.3. The maximum atomic E-state index is 14.1. The Morgan fingerprint density at radius 2 is 1.05 bits per heavy atom. The summed E-state index contributed by atoms with van der Waals surface area (Å²) in [7, 11) is 1.80. The number of nitrogens with zero attached hydrogens (tertiary/aromatic N) is 2.